The van der Waals surface area contributed by atoms with Gasteiger partial charge in [0.15, 0.2) is 0 Å². The van der Waals surface area contributed by atoms with Gasteiger partial charge in [0.05, 0.1) is 6.04 Å². The zero-order chi connectivity index (χ0) is 16.4. The summed E-state index contributed by atoms with van der Waals surface area (Å²) in [5.74, 6) is 0.128. The smallest absolute Gasteiger partial charge is 0.238 e. The summed E-state index contributed by atoms with van der Waals surface area (Å²) in [5, 5.41) is 5.25. The number of amides is 1. The molecule has 23 heavy (non-hydrogen) atoms. The SMILES string of the molecule is CC(C)(C)NC(=O)[C@@H]1Cc2ccccc2CN1Cc1cccs1. The molecular weight excluding hydrogens is 304 g/mol. The number of hydrogen-bond donors (Lipinski definition) is 1. The molecule has 4 heteroatoms. The summed E-state index contributed by atoms with van der Waals surface area (Å²) in [5.41, 5.74) is 2.43. The van der Waals surface area contributed by atoms with Crippen LogP contribution in [0.25, 0.3) is 0 Å². The fourth-order valence-corrected chi connectivity index (χ4v) is 3.79. The summed E-state index contributed by atoms with van der Waals surface area (Å²) in [6.07, 6.45) is 0.781. The minimum atomic E-state index is -0.206. The van der Waals surface area contributed by atoms with Gasteiger partial charge >= 0.3 is 0 Å². The number of nitrogens with zero attached hydrogens (tertiary/aromatic N) is 1. The number of hydrogen-bond acceptors (Lipinski definition) is 3. The number of carbonyl (C=O) groups excluding carboxylic acids is 1. The number of benzene rings is 1. The van der Waals surface area contributed by atoms with Crippen molar-refractivity contribution >= 4 is 17.2 Å². The average Bonchev–Trinajstić information content (AvgIpc) is 2.97. The Morgan fingerprint density at radius 3 is 2.61 bits per heavy atom. The zero-order valence-corrected chi connectivity index (χ0v) is 14.8. The van der Waals surface area contributed by atoms with E-state index in [9.17, 15) is 4.79 Å². The van der Waals surface area contributed by atoms with E-state index in [4.69, 9.17) is 0 Å². The summed E-state index contributed by atoms with van der Waals surface area (Å²) in [7, 11) is 0. The lowest BCUT2D eigenvalue weighted by molar-refractivity contribution is -0.128. The zero-order valence-electron chi connectivity index (χ0n) is 14.0. The van der Waals surface area contributed by atoms with Crippen molar-refractivity contribution in [3.8, 4) is 0 Å². The molecule has 0 aliphatic carbocycles. The second-order valence-electron chi connectivity index (χ2n) is 7.21. The third-order valence-electron chi connectivity index (χ3n) is 4.09. The molecule has 1 N–H and O–H groups in total. The summed E-state index contributed by atoms with van der Waals surface area (Å²) >= 11 is 1.75. The van der Waals surface area contributed by atoms with Crippen molar-refractivity contribution in [3.63, 3.8) is 0 Å². The number of nitrogens with one attached hydrogen (secondary N) is 1. The quantitative estimate of drug-likeness (QED) is 0.934. The van der Waals surface area contributed by atoms with Crippen molar-refractivity contribution in [2.24, 2.45) is 0 Å². The largest absolute Gasteiger partial charge is 0.350 e. The highest BCUT2D eigenvalue weighted by Gasteiger charge is 2.33. The van der Waals surface area contributed by atoms with Gasteiger partial charge in [0.1, 0.15) is 0 Å². The van der Waals surface area contributed by atoms with Crippen molar-refractivity contribution in [2.75, 3.05) is 0 Å². The first-order chi connectivity index (χ1) is 10.9. The van der Waals surface area contributed by atoms with Crippen molar-refractivity contribution in [3.05, 3.63) is 57.8 Å². The molecule has 1 atom stereocenters. The van der Waals surface area contributed by atoms with Crippen LogP contribution in [-0.4, -0.2) is 22.4 Å². The van der Waals surface area contributed by atoms with Gasteiger partial charge in [0, 0.05) is 23.5 Å². The molecule has 3 rings (SSSR count). The molecule has 1 aliphatic rings. The number of thiophene rings is 1. The van der Waals surface area contributed by atoms with Crippen molar-refractivity contribution in [1.29, 1.82) is 0 Å². The predicted octanol–water partition coefficient (Wildman–Crippen LogP) is 3.59. The van der Waals surface area contributed by atoms with Crippen LogP contribution in [0.15, 0.2) is 41.8 Å². The molecule has 1 aromatic heterocycles. The molecule has 0 spiro atoms. The van der Waals surface area contributed by atoms with Gasteiger partial charge in [-0.15, -0.1) is 11.3 Å². The number of fused-ring (bicyclic) bond motifs is 1. The first-order valence-electron chi connectivity index (χ1n) is 8.07. The first kappa shape index (κ1) is 16.2. The second kappa shape index (κ2) is 6.46. The predicted molar refractivity (Wildman–Crippen MR) is 95.4 cm³/mol. The Bertz CT molecular complexity index is 673. The molecule has 0 bridgehead atoms. The molecule has 0 saturated carbocycles. The van der Waals surface area contributed by atoms with Gasteiger partial charge in [-0.05, 0) is 49.8 Å². The highest BCUT2D eigenvalue weighted by atomic mass is 32.1. The Kier molecular flexibility index (Phi) is 4.55. The van der Waals surface area contributed by atoms with E-state index in [0.29, 0.717) is 0 Å². The van der Waals surface area contributed by atoms with Crippen LogP contribution in [0.3, 0.4) is 0 Å². The van der Waals surface area contributed by atoms with Crippen LogP contribution in [0.4, 0.5) is 0 Å². The Morgan fingerprint density at radius 2 is 1.96 bits per heavy atom. The normalized spacial score (nSPS) is 18.5. The van der Waals surface area contributed by atoms with E-state index in [0.717, 1.165) is 19.5 Å². The Labute approximate surface area is 142 Å². The van der Waals surface area contributed by atoms with Crippen molar-refractivity contribution < 1.29 is 4.79 Å². The fourth-order valence-electron chi connectivity index (χ4n) is 3.06. The van der Waals surface area contributed by atoms with Gasteiger partial charge in [-0.1, -0.05) is 30.3 Å². The lowest BCUT2D eigenvalue weighted by Gasteiger charge is -2.37. The monoisotopic (exact) mass is 328 g/mol. The lowest BCUT2D eigenvalue weighted by atomic mass is 9.93. The molecule has 0 unspecified atom stereocenters. The van der Waals surface area contributed by atoms with Gasteiger partial charge in [-0.2, -0.15) is 0 Å². The molecule has 0 saturated heterocycles. The summed E-state index contributed by atoms with van der Waals surface area (Å²) < 4.78 is 0. The van der Waals surface area contributed by atoms with E-state index in [1.54, 1.807) is 11.3 Å². The molecule has 2 heterocycles. The molecule has 0 fully saturated rings. The van der Waals surface area contributed by atoms with E-state index in [1.807, 2.05) is 20.8 Å². The minimum Gasteiger partial charge on any atom is -0.350 e. The standard InChI is InChI=1S/C19H24N2OS/c1-19(2,3)20-18(22)17-11-14-7-4-5-8-15(14)12-21(17)13-16-9-6-10-23-16/h4-10,17H,11-13H2,1-3H3,(H,20,22)/t17-/m0/s1. The lowest BCUT2D eigenvalue weighted by Crippen LogP contribution is -2.54. The van der Waals surface area contributed by atoms with Gasteiger partial charge in [-0.3, -0.25) is 9.69 Å². The van der Waals surface area contributed by atoms with Crippen LogP contribution in [0.2, 0.25) is 0 Å². The fraction of sp³-hybridized carbons (Fsp3) is 0.421. The summed E-state index contributed by atoms with van der Waals surface area (Å²) in [6, 6.07) is 12.6. The summed E-state index contributed by atoms with van der Waals surface area (Å²) in [4.78, 5) is 16.4. The van der Waals surface area contributed by atoms with Crippen LogP contribution in [0, 0.1) is 0 Å². The minimum absolute atomic E-state index is 0.105. The first-order valence-corrected chi connectivity index (χ1v) is 8.95. The third-order valence-corrected chi connectivity index (χ3v) is 4.95. The average molecular weight is 328 g/mol. The number of rotatable bonds is 3. The van der Waals surface area contributed by atoms with E-state index in [1.165, 1.54) is 16.0 Å². The van der Waals surface area contributed by atoms with Crippen molar-refractivity contribution in [2.45, 2.75) is 51.9 Å². The van der Waals surface area contributed by atoms with Crippen LogP contribution >= 0.6 is 11.3 Å². The molecular formula is C19H24N2OS. The van der Waals surface area contributed by atoms with E-state index < -0.39 is 0 Å². The molecule has 3 nitrogen and oxygen atoms in total. The maximum atomic E-state index is 12.8. The maximum absolute atomic E-state index is 12.8. The van der Waals surface area contributed by atoms with E-state index >= 15 is 0 Å². The Balaban J connectivity index is 1.85. The number of carbonyl (C=O) groups is 1. The van der Waals surface area contributed by atoms with Gasteiger partial charge in [0.2, 0.25) is 5.91 Å². The molecule has 0 radical (unpaired) electrons. The Hall–Kier alpha value is -1.65. The van der Waals surface area contributed by atoms with E-state index in [-0.39, 0.29) is 17.5 Å². The summed E-state index contributed by atoms with van der Waals surface area (Å²) in [6.45, 7) is 7.76. The highest BCUT2D eigenvalue weighted by Crippen LogP contribution is 2.26. The molecule has 2 aromatic rings. The van der Waals surface area contributed by atoms with Crippen LogP contribution in [0.1, 0.15) is 36.8 Å². The maximum Gasteiger partial charge on any atom is 0.238 e. The molecule has 1 aliphatic heterocycles. The second-order valence-corrected chi connectivity index (χ2v) is 8.24. The van der Waals surface area contributed by atoms with Gasteiger partial charge in [0.25, 0.3) is 0 Å². The topological polar surface area (TPSA) is 32.3 Å². The third kappa shape index (κ3) is 4.01. The molecule has 122 valence electrons. The van der Waals surface area contributed by atoms with Crippen LogP contribution < -0.4 is 5.32 Å². The van der Waals surface area contributed by atoms with Gasteiger partial charge in [-0.25, -0.2) is 0 Å². The van der Waals surface area contributed by atoms with Crippen LogP contribution in [0.5, 0.6) is 0 Å². The molecule has 1 aromatic carbocycles. The highest BCUT2D eigenvalue weighted by molar-refractivity contribution is 7.09. The van der Waals surface area contributed by atoms with Gasteiger partial charge < -0.3 is 5.32 Å². The molecule has 1 amide bonds. The van der Waals surface area contributed by atoms with Crippen molar-refractivity contribution in [1.82, 2.24) is 10.2 Å². The van der Waals surface area contributed by atoms with Crippen LogP contribution in [-0.2, 0) is 24.3 Å². The van der Waals surface area contributed by atoms with E-state index in [2.05, 4.69) is 52.0 Å². The Morgan fingerprint density at radius 1 is 1.22 bits per heavy atom.